The van der Waals surface area contributed by atoms with Gasteiger partial charge in [-0.1, -0.05) is 49.6 Å². The van der Waals surface area contributed by atoms with Gasteiger partial charge in [0.05, 0.1) is 5.41 Å². The molecular weight excluding hydrogens is 266 g/mol. The van der Waals surface area contributed by atoms with E-state index in [1.165, 1.54) is 6.42 Å². The van der Waals surface area contributed by atoms with Crippen LogP contribution in [-0.2, 0) is 15.0 Å². The van der Waals surface area contributed by atoms with Crippen molar-refractivity contribution in [3.8, 4) is 0 Å². The fraction of sp³-hybridized carbons (Fsp3) is 0.529. The Bertz CT molecular complexity index is 494. The van der Waals surface area contributed by atoms with Gasteiger partial charge in [-0.15, -0.1) is 0 Å². The lowest BCUT2D eigenvalue weighted by Gasteiger charge is -2.27. The Morgan fingerprint density at radius 1 is 1.19 bits per heavy atom. The largest absolute Gasteiger partial charge is 0.481 e. The summed E-state index contributed by atoms with van der Waals surface area (Å²) in [6, 6.07) is 9.18. The first kappa shape index (κ1) is 15.5. The summed E-state index contributed by atoms with van der Waals surface area (Å²) < 4.78 is 0. The number of rotatable bonds is 5. The van der Waals surface area contributed by atoms with E-state index < -0.39 is 11.4 Å². The third-order valence-electron chi connectivity index (χ3n) is 4.37. The first-order valence-electron chi connectivity index (χ1n) is 7.60. The van der Waals surface area contributed by atoms with Gasteiger partial charge >= 0.3 is 5.97 Å². The van der Waals surface area contributed by atoms with E-state index >= 15 is 0 Å². The molecule has 1 aliphatic carbocycles. The Morgan fingerprint density at radius 2 is 1.81 bits per heavy atom. The quantitative estimate of drug-likeness (QED) is 0.876. The normalized spacial score (nSPS) is 18.7. The summed E-state index contributed by atoms with van der Waals surface area (Å²) in [5, 5.41) is 12.6. The van der Waals surface area contributed by atoms with Crippen LogP contribution in [0.3, 0.4) is 0 Å². The molecule has 0 aliphatic heterocycles. The van der Waals surface area contributed by atoms with E-state index in [1.54, 1.807) is 31.2 Å². The van der Waals surface area contributed by atoms with Crippen molar-refractivity contribution in [1.29, 1.82) is 0 Å². The molecule has 0 unspecified atom stereocenters. The number of nitrogens with one attached hydrogen (secondary N) is 1. The van der Waals surface area contributed by atoms with Crippen molar-refractivity contribution in [3.63, 3.8) is 0 Å². The molecule has 1 aliphatic rings. The van der Waals surface area contributed by atoms with Crippen molar-refractivity contribution < 1.29 is 14.7 Å². The van der Waals surface area contributed by atoms with Crippen LogP contribution in [0.1, 0.15) is 51.0 Å². The van der Waals surface area contributed by atoms with Gasteiger partial charge < -0.3 is 10.4 Å². The molecule has 0 spiro atoms. The van der Waals surface area contributed by atoms with Crippen LogP contribution in [0.2, 0.25) is 0 Å². The van der Waals surface area contributed by atoms with E-state index in [4.69, 9.17) is 0 Å². The molecule has 4 heteroatoms. The fourth-order valence-electron chi connectivity index (χ4n) is 2.95. The molecule has 1 amide bonds. The Morgan fingerprint density at radius 3 is 2.38 bits per heavy atom. The molecule has 0 heterocycles. The molecule has 4 nitrogen and oxygen atoms in total. The van der Waals surface area contributed by atoms with Crippen molar-refractivity contribution in [2.24, 2.45) is 0 Å². The van der Waals surface area contributed by atoms with E-state index in [0.717, 1.165) is 25.7 Å². The highest BCUT2D eigenvalue weighted by Gasteiger charge is 2.37. The van der Waals surface area contributed by atoms with Crippen molar-refractivity contribution >= 4 is 11.9 Å². The fourth-order valence-corrected chi connectivity index (χ4v) is 2.95. The minimum Gasteiger partial charge on any atom is -0.481 e. The molecular formula is C17H23NO3. The molecule has 0 aromatic heterocycles. The van der Waals surface area contributed by atoms with Gasteiger partial charge in [0.25, 0.3) is 0 Å². The highest BCUT2D eigenvalue weighted by atomic mass is 16.4. The highest BCUT2D eigenvalue weighted by molar-refractivity contribution is 5.89. The number of aliphatic carboxylic acids is 1. The summed E-state index contributed by atoms with van der Waals surface area (Å²) in [6.07, 6.45) is 5.48. The predicted octanol–water partition coefficient (Wildman–Crippen LogP) is 2.87. The zero-order chi connectivity index (χ0) is 15.3. The van der Waals surface area contributed by atoms with Gasteiger partial charge in [-0.3, -0.25) is 9.59 Å². The lowest BCUT2D eigenvalue weighted by molar-refractivity contribution is -0.145. The van der Waals surface area contributed by atoms with Gasteiger partial charge in [0, 0.05) is 12.5 Å². The number of carbonyl (C=O) groups is 2. The van der Waals surface area contributed by atoms with E-state index in [0.29, 0.717) is 5.56 Å². The van der Waals surface area contributed by atoms with Crippen molar-refractivity contribution in [1.82, 2.24) is 5.32 Å². The second-order valence-electron chi connectivity index (χ2n) is 6.08. The van der Waals surface area contributed by atoms with Crippen molar-refractivity contribution in [2.75, 3.05) is 0 Å². The van der Waals surface area contributed by atoms with Gasteiger partial charge in [-0.2, -0.15) is 0 Å². The molecule has 1 fully saturated rings. The molecule has 1 aromatic rings. The summed E-state index contributed by atoms with van der Waals surface area (Å²) in [7, 11) is 0. The topological polar surface area (TPSA) is 66.4 Å². The number of benzene rings is 1. The number of carboxylic acid groups (broad SMARTS) is 1. The first-order valence-corrected chi connectivity index (χ1v) is 7.60. The third-order valence-corrected chi connectivity index (χ3v) is 4.37. The lowest BCUT2D eigenvalue weighted by atomic mass is 9.79. The van der Waals surface area contributed by atoms with Gasteiger partial charge in [-0.25, -0.2) is 0 Å². The number of amides is 1. The van der Waals surface area contributed by atoms with Crippen LogP contribution in [0.15, 0.2) is 30.3 Å². The summed E-state index contributed by atoms with van der Waals surface area (Å²) in [5.41, 5.74) is -0.517. The van der Waals surface area contributed by atoms with E-state index in [1.807, 2.05) is 6.07 Å². The standard InChI is InChI=1S/C17H23NO3/c1-17(16(20)21,13-8-4-2-5-9-13)12-15(19)18-14-10-6-3-7-11-14/h2,4-5,8-9,14H,3,6-7,10-12H2,1H3,(H,18,19)(H,20,21)/t17-/m1/s1. The average molecular weight is 289 g/mol. The lowest BCUT2D eigenvalue weighted by Crippen LogP contribution is -2.42. The van der Waals surface area contributed by atoms with Crippen LogP contribution >= 0.6 is 0 Å². The molecule has 1 atom stereocenters. The second-order valence-corrected chi connectivity index (χ2v) is 6.08. The summed E-state index contributed by atoms with van der Waals surface area (Å²) in [6.45, 7) is 1.62. The van der Waals surface area contributed by atoms with Crippen molar-refractivity contribution in [3.05, 3.63) is 35.9 Å². The van der Waals surface area contributed by atoms with Crippen LogP contribution in [0.5, 0.6) is 0 Å². The maximum Gasteiger partial charge on any atom is 0.314 e. The van der Waals surface area contributed by atoms with Gasteiger partial charge in [0.15, 0.2) is 0 Å². The number of hydrogen-bond donors (Lipinski definition) is 2. The Labute approximate surface area is 125 Å². The Hall–Kier alpha value is -1.84. The number of carbonyl (C=O) groups excluding carboxylic acids is 1. The monoisotopic (exact) mass is 289 g/mol. The van der Waals surface area contributed by atoms with Crippen LogP contribution in [0.4, 0.5) is 0 Å². The smallest absolute Gasteiger partial charge is 0.314 e. The van der Waals surface area contributed by atoms with Gasteiger partial charge in [0.2, 0.25) is 5.91 Å². The molecule has 0 bridgehead atoms. The SMILES string of the molecule is C[C@](CC(=O)NC1CCCCC1)(C(=O)O)c1ccccc1. The minimum absolute atomic E-state index is 0.0250. The van der Waals surface area contributed by atoms with E-state index in [2.05, 4.69) is 5.32 Å². The predicted molar refractivity (Wildman–Crippen MR) is 81.1 cm³/mol. The van der Waals surface area contributed by atoms with Crippen LogP contribution in [-0.4, -0.2) is 23.0 Å². The van der Waals surface area contributed by atoms with Gasteiger partial charge in [0.1, 0.15) is 0 Å². The van der Waals surface area contributed by atoms with E-state index in [-0.39, 0.29) is 18.4 Å². The molecule has 2 N–H and O–H groups in total. The Balaban J connectivity index is 2.05. The van der Waals surface area contributed by atoms with E-state index in [9.17, 15) is 14.7 Å². The third kappa shape index (κ3) is 3.84. The van der Waals surface area contributed by atoms with Gasteiger partial charge in [-0.05, 0) is 25.3 Å². The molecule has 1 saturated carbocycles. The zero-order valence-electron chi connectivity index (χ0n) is 12.5. The minimum atomic E-state index is -1.18. The first-order chi connectivity index (χ1) is 10.0. The Kier molecular flexibility index (Phi) is 4.99. The second kappa shape index (κ2) is 6.74. The van der Waals surface area contributed by atoms with Crippen LogP contribution < -0.4 is 5.32 Å². The molecule has 114 valence electrons. The summed E-state index contributed by atoms with van der Waals surface area (Å²) >= 11 is 0. The summed E-state index contributed by atoms with van der Waals surface area (Å²) in [4.78, 5) is 23.9. The maximum atomic E-state index is 12.2. The van der Waals surface area contributed by atoms with Crippen molar-refractivity contribution in [2.45, 2.75) is 56.9 Å². The zero-order valence-corrected chi connectivity index (χ0v) is 12.5. The molecule has 2 rings (SSSR count). The molecule has 21 heavy (non-hydrogen) atoms. The molecule has 1 aromatic carbocycles. The number of hydrogen-bond acceptors (Lipinski definition) is 2. The van der Waals surface area contributed by atoms with Crippen LogP contribution in [0.25, 0.3) is 0 Å². The maximum absolute atomic E-state index is 12.2. The van der Waals surface area contributed by atoms with Crippen LogP contribution in [0, 0.1) is 0 Å². The molecule has 0 saturated heterocycles. The average Bonchev–Trinajstić information content (AvgIpc) is 2.48. The summed E-state index contributed by atoms with van der Waals surface area (Å²) in [5.74, 6) is -1.14. The molecule has 0 radical (unpaired) electrons. The number of carboxylic acids is 1. The highest BCUT2D eigenvalue weighted by Crippen LogP contribution is 2.28.